The topological polar surface area (TPSA) is 46.6 Å². The van der Waals surface area contributed by atoms with Crippen LogP contribution in [0.25, 0.3) is 0 Å². The maximum atomic E-state index is 13.1. The number of hydrogen-bond acceptors (Lipinski definition) is 3. The predicted octanol–water partition coefficient (Wildman–Crippen LogP) is 4.10. The molecule has 1 aliphatic heterocycles. The molecule has 3 rings (SSSR count). The molecule has 0 spiro atoms. The highest BCUT2D eigenvalue weighted by Crippen LogP contribution is 2.40. The molecule has 0 aliphatic carbocycles. The number of para-hydroxylation sites is 2. The normalized spacial score (nSPS) is 20.2. The SMILES string of the molecule is CC(C)Oc1ccccc1N1CC[C@@](C)(C(=O)c2ccccc2)C1=O. The monoisotopic (exact) mass is 337 g/mol. The summed E-state index contributed by atoms with van der Waals surface area (Å²) in [5, 5.41) is 0. The molecule has 1 heterocycles. The molecule has 1 aliphatic rings. The van der Waals surface area contributed by atoms with Gasteiger partial charge >= 0.3 is 0 Å². The largest absolute Gasteiger partial charge is 0.489 e. The number of rotatable bonds is 5. The molecule has 0 bridgehead atoms. The summed E-state index contributed by atoms with van der Waals surface area (Å²) in [4.78, 5) is 27.7. The van der Waals surface area contributed by atoms with Gasteiger partial charge in [0.2, 0.25) is 5.91 Å². The van der Waals surface area contributed by atoms with Crippen molar-refractivity contribution in [3.63, 3.8) is 0 Å². The van der Waals surface area contributed by atoms with Crippen molar-refractivity contribution < 1.29 is 14.3 Å². The molecule has 0 N–H and O–H groups in total. The van der Waals surface area contributed by atoms with E-state index in [0.717, 1.165) is 5.69 Å². The zero-order valence-electron chi connectivity index (χ0n) is 14.9. The molecule has 1 fully saturated rings. The van der Waals surface area contributed by atoms with Gasteiger partial charge < -0.3 is 9.64 Å². The fourth-order valence-electron chi connectivity index (χ4n) is 3.22. The second-order valence-electron chi connectivity index (χ2n) is 6.87. The van der Waals surface area contributed by atoms with Gasteiger partial charge in [-0.25, -0.2) is 0 Å². The van der Waals surface area contributed by atoms with Crippen molar-refractivity contribution in [2.24, 2.45) is 5.41 Å². The average Bonchev–Trinajstić information content (AvgIpc) is 2.91. The van der Waals surface area contributed by atoms with Gasteiger partial charge in [-0.2, -0.15) is 0 Å². The molecule has 4 heteroatoms. The highest BCUT2D eigenvalue weighted by atomic mass is 16.5. The quantitative estimate of drug-likeness (QED) is 0.609. The minimum absolute atomic E-state index is 0.0104. The maximum Gasteiger partial charge on any atom is 0.240 e. The third-order valence-electron chi connectivity index (χ3n) is 4.61. The van der Waals surface area contributed by atoms with Crippen LogP contribution in [0.3, 0.4) is 0 Å². The van der Waals surface area contributed by atoms with Crippen LogP contribution in [0.1, 0.15) is 37.6 Å². The molecule has 1 atom stereocenters. The van der Waals surface area contributed by atoms with Crippen molar-refractivity contribution in [1.82, 2.24) is 0 Å². The number of amides is 1. The number of carbonyl (C=O) groups excluding carboxylic acids is 2. The van der Waals surface area contributed by atoms with E-state index in [9.17, 15) is 9.59 Å². The van der Waals surface area contributed by atoms with E-state index in [1.54, 1.807) is 24.0 Å². The van der Waals surface area contributed by atoms with E-state index in [-0.39, 0.29) is 17.8 Å². The number of anilines is 1. The number of benzene rings is 2. The van der Waals surface area contributed by atoms with Crippen molar-refractivity contribution in [2.45, 2.75) is 33.3 Å². The fraction of sp³-hybridized carbons (Fsp3) is 0.333. The van der Waals surface area contributed by atoms with Gasteiger partial charge in [0.15, 0.2) is 5.78 Å². The van der Waals surface area contributed by atoms with E-state index in [4.69, 9.17) is 4.74 Å². The number of Topliss-reactive ketones (excluding diaryl/α,β-unsaturated/α-hetero) is 1. The molecule has 2 aromatic carbocycles. The molecule has 1 saturated heterocycles. The Morgan fingerprint density at radius 1 is 1.08 bits per heavy atom. The van der Waals surface area contributed by atoms with E-state index in [2.05, 4.69) is 0 Å². The summed E-state index contributed by atoms with van der Waals surface area (Å²) in [5.74, 6) is 0.381. The first-order chi connectivity index (χ1) is 11.9. The van der Waals surface area contributed by atoms with Gasteiger partial charge in [-0.1, -0.05) is 42.5 Å². The molecule has 4 nitrogen and oxygen atoms in total. The Hall–Kier alpha value is -2.62. The van der Waals surface area contributed by atoms with Crippen LogP contribution in [0.4, 0.5) is 5.69 Å². The van der Waals surface area contributed by atoms with Gasteiger partial charge in [-0.15, -0.1) is 0 Å². The summed E-state index contributed by atoms with van der Waals surface area (Å²) in [6, 6.07) is 16.5. The Morgan fingerprint density at radius 2 is 1.72 bits per heavy atom. The van der Waals surface area contributed by atoms with Crippen LogP contribution in [-0.4, -0.2) is 24.3 Å². The Kier molecular flexibility index (Phi) is 4.62. The summed E-state index contributed by atoms with van der Waals surface area (Å²) >= 11 is 0. The van der Waals surface area contributed by atoms with Gasteiger partial charge in [0.1, 0.15) is 11.2 Å². The van der Waals surface area contributed by atoms with Crippen molar-refractivity contribution >= 4 is 17.4 Å². The second-order valence-corrected chi connectivity index (χ2v) is 6.87. The number of carbonyl (C=O) groups is 2. The third-order valence-corrected chi connectivity index (χ3v) is 4.61. The van der Waals surface area contributed by atoms with Gasteiger partial charge in [0, 0.05) is 12.1 Å². The summed E-state index contributed by atoms with van der Waals surface area (Å²) in [6.45, 7) is 6.15. The van der Waals surface area contributed by atoms with Crippen LogP contribution < -0.4 is 9.64 Å². The van der Waals surface area contributed by atoms with Crippen molar-refractivity contribution in [3.05, 3.63) is 60.2 Å². The molecule has 0 aromatic heterocycles. The van der Waals surface area contributed by atoms with Crippen LogP contribution >= 0.6 is 0 Å². The highest BCUT2D eigenvalue weighted by Gasteiger charge is 2.49. The molecule has 25 heavy (non-hydrogen) atoms. The van der Waals surface area contributed by atoms with E-state index in [0.29, 0.717) is 24.3 Å². The lowest BCUT2D eigenvalue weighted by Gasteiger charge is -2.24. The predicted molar refractivity (Wildman–Crippen MR) is 98.1 cm³/mol. The Morgan fingerprint density at radius 3 is 2.40 bits per heavy atom. The zero-order valence-corrected chi connectivity index (χ0v) is 14.9. The van der Waals surface area contributed by atoms with E-state index >= 15 is 0 Å². The first-order valence-corrected chi connectivity index (χ1v) is 8.61. The van der Waals surface area contributed by atoms with Crippen LogP contribution in [-0.2, 0) is 4.79 Å². The summed E-state index contributed by atoms with van der Waals surface area (Å²) in [5.41, 5.74) is 0.268. The number of hydrogen-bond donors (Lipinski definition) is 0. The lowest BCUT2D eigenvalue weighted by Crippen LogP contribution is -2.38. The molecule has 130 valence electrons. The van der Waals surface area contributed by atoms with Crippen LogP contribution in [0.15, 0.2) is 54.6 Å². The second kappa shape index (κ2) is 6.71. The standard InChI is InChI=1S/C21H23NO3/c1-15(2)25-18-12-8-7-11-17(18)22-14-13-21(3,20(22)24)19(23)16-9-5-4-6-10-16/h4-12,15H,13-14H2,1-3H3/t21-/m0/s1. The molecule has 0 radical (unpaired) electrons. The lowest BCUT2D eigenvalue weighted by molar-refractivity contribution is -0.122. The minimum Gasteiger partial charge on any atom is -0.489 e. The Balaban J connectivity index is 1.91. The van der Waals surface area contributed by atoms with Gasteiger partial charge in [-0.3, -0.25) is 9.59 Å². The van der Waals surface area contributed by atoms with Crippen LogP contribution in [0.2, 0.25) is 0 Å². The average molecular weight is 337 g/mol. The highest BCUT2D eigenvalue weighted by molar-refractivity contribution is 6.19. The summed E-state index contributed by atoms with van der Waals surface area (Å²) in [7, 11) is 0. The van der Waals surface area contributed by atoms with E-state index in [1.807, 2.05) is 56.3 Å². The molecule has 2 aromatic rings. The zero-order chi connectivity index (χ0) is 18.0. The first kappa shape index (κ1) is 17.2. The first-order valence-electron chi connectivity index (χ1n) is 8.61. The smallest absolute Gasteiger partial charge is 0.240 e. The lowest BCUT2D eigenvalue weighted by atomic mass is 9.81. The maximum absolute atomic E-state index is 13.1. The van der Waals surface area contributed by atoms with Gasteiger partial charge in [0.05, 0.1) is 11.8 Å². The molecule has 0 unspecified atom stereocenters. The summed E-state index contributed by atoms with van der Waals surface area (Å²) < 4.78 is 5.84. The minimum atomic E-state index is -1.04. The van der Waals surface area contributed by atoms with E-state index < -0.39 is 5.41 Å². The molecular formula is C21H23NO3. The van der Waals surface area contributed by atoms with Crippen LogP contribution in [0.5, 0.6) is 5.75 Å². The fourth-order valence-corrected chi connectivity index (χ4v) is 3.22. The summed E-state index contributed by atoms with van der Waals surface area (Å²) in [6.07, 6.45) is 0.506. The Labute approximate surface area is 148 Å². The van der Waals surface area contributed by atoms with Gasteiger partial charge in [0.25, 0.3) is 0 Å². The van der Waals surface area contributed by atoms with Crippen LogP contribution in [0, 0.1) is 5.41 Å². The number of ketones is 1. The third kappa shape index (κ3) is 3.16. The van der Waals surface area contributed by atoms with Crippen molar-refractivity contribution in [3.8, 4) is 5.75 Å². The van der Waals surface area contributed by atoms with Crippen molar-refractivity contribution in [2.75, 3.05) is 11.4 Å². The van der Waals surface area contributed by atoms with Gasteiger partial charge in [-0.05, 0) is 39.3 Å². The molecular weight excluding hydrogens is 314 g/mol. The van der Waals surface area contributed by atoms with E-state index in [1.165, 1.54) is 0 Å². The number of nitrogens with zero attached hydrogens (tertiary/aromatic N) is 1. The number of ether oxygens (including phenoxy) is 1. The Bertz CT molecular complexity index is 785. The van der Waals surface area contributed by atoms with Crippen molar-refractivity contribution in [1.29, 1.82) is 0 Å². The molecule has 1 amide bonds. The molecule has 0 saturated carbocycles.